The number of thiophene rings is 1. The zero-order chi connectivity index (χ0) is 20.1. The molecule has 4 heteroatoms. The number of fused-ring (bicyclic) bond motifs is 4. The van der Waals surface area contributed by atoms with Crippen molar-refractivity contribution >= 4 is 54.0 Å². The molecule has 0 aliphatic rings. The Morgan fingerprint density at radius 1 is 0.600 bits per heavy atom. The molecule has 6 aromatic rings. The molecular weight excluding hydrogens is 408 g/mol. The lowest BCUT2D eigenvalue weighted by molar-refractivity contribution is 1.24. The van der Waals surface area contributed by atoms with Crippen LogP contribution >= 0.6 is 22.9 Å². The maximum absolute atomic E-state index is 6.36. The van der Waals surface area contributed by atoms with Crippen LogP contribution in [0.25, 0.3) is 53.5 Å². The highest BCUT2D eigenvalue weighted by Crippen LogP contribution is 2.42. The van der Waals surface area contributed by atoms with Gasteiger partial charge in [-0.3, -0.25) is 0 Å². The molecule has 2 nitrogen and oxygen atoms in total. The topological polar surface area (TPSA) is 25.8 Å². The molecule has 2 aromatic heterocycles. The van der Waals surface area contributed by atoms with Gasteiger partial charge in [-0.1, -0.05) is 84.9 Å². The first-order chi connectivity index (χ1) is 14.8. The van der Waals surface area contributed by atoms with Gasteiger partial charge in [0.25, 0.3) is 0 Å². The van der Waals surface area contributed by atoms with Gasteiger partial charge in [0.15, 0.2) is 0 Å². The lowest BCUT2D eigenvalue weighted by Crippen LogP contribution is -1.91. The zero-order valence-electron chi connectivity index (χ0n) is 15.8. The van der Waals surface area contributed by atoms with Gasteiger partial charge in [-0.2, -0.15) is 0 Å². The van der Waals surface area contributed by atoms with E-state index in [0.29, 0.717) is 0 Å². The van der Waals surface area contributed by atoms with Gasteiger partial charge < -0.3 is 0 Å². The third-order valence-electron chi connectivity index (χ3n) is 5.48. The van der Waals surface area contributed by atoms with E-state index in [1.807, 2.05) is 6.07 Å². The molecule has 0 aliphatic heterocycles. The number of benzene rings is 4. The van der Waals surface area contributed by atoms with E-state index < -0.39 is 0 Å². The summed E-state index contributed by atoms with van der Waals surface area (Å²) in [7, 11) is 0. The minimum Gasteiger partial charge on any atom is -0.217 e. The Bertz CT molecular complexity index is 1550. The van der Waals surface area contributed by atoms with Crippen LogP contribution in [0.4, 0.5) is 0 Å². The Kier molecular flexibility index (Phi) is 4.05. The zero-order valence-corrected chi connectivity index (χ0v) is 17.4. The summed E-state index contributed by atoms with van der Waals surface area (Å²) in [5.74, 6) is 0. The van der Waals surface area contributed by atoms with Crippen molar-refractivity contribution in [2.24, 2.45) is 0 Å². The van der Waals surface area contributed by atoms with Gasteiger partial charge in [0, 0.05) is 21.0 Å². The second kappa shape index (κ2) is 6.91. The van der Waals surface area contributed by atoms with Crippen molar-refractivity contribution in [1.82, 2.24) is 9.97 Å². The molecular formula is C26H15ClN2S. The fraction of sp³-hybridized carbons (Fsp3) is 0. The second-order valence-electron chi connectivity index (χ2n) is 7.19. The Morgan fingerprint density at radius 3 is 2.03 bits per heavy atom. The van der Waals surface area contributed by atoms with Crippen LogP contribution in [0.5, 0.6) is 0 Å². The number of hydrogen-bond acceptors (Lipinski definition) is 3. The summed E-state index contributed by atoms with van der Waals surface area (Å²) in [6, 6.07) is 31.7. The first-order valence-corrected chi connectivity index (χ1v) is 10.9. The van der Waals surface area contributed by atoms with Gasteiger partial charge in [-0.05, 0) is 39.6 Å². The van der Waals surface area contributed by atoms with E-state index in [2.05, 4.69) is 89.9 Å². The fourth-order valence-corrected chi connectivity index (χ4v) is 5.46. The van der Waals surface area contributed by atoms with Gasteiger partial charge in [0.1, 0.15) is 4.83 Å². The maximum atomic E-state index is 6.36. The monoisotopic (exact) mass is 422 g/mol. The summed E-state index contributed by atoms with van der Waals surface area (Å²) in [6.45, 7) is 0. The smallest absolute Gasteiger partial charge is 0.217 e. The summed E-state index contributed by atoms with van der Waals surface area (Å²) in [5.41, 5.74) is 4.37. The Morgan fingerprint density at radius 2 is 1.23 bits per heavy atom. The summed E-state index contributed by atoms with van der Waals surface area (Å²) < 4.78 is 1.19. The Balaban J connectivity index is 1.72. The van der Waals surface area contributed by atoms with Crippen molar-refractivity contribution in [3.05, 3.63) is 96.3 Å². The highest BCUT2D eigenvalue weighted by Gasteiger charge is 2.17. The van der Waals surface area contributed by atoms with Crippen molar-refractivity contribution in [1.29, 1.82) is 0 Å². The second-order valence-corrected chi connectivity index (χ2v) is 8.56. The molecule has 0 bridgehead atoms. The van der Waals surface area contributed by atoms with E-state index >= 15 is 0 Å². The lowest BCUT2D eigenvalue weighted by atomic mass is 9.93. The van der Waals surface area contributed by atoms with Gasteiger partial charge >= 0.3 is 0 Å². The standard InChI is InChI=1S/C26H15ClN2S/c27-26-28-24(23-21-12-6-7-13-22(21)30-25(23)29-26)20-15-14-17(16-8-2-1-3-9-16)18-10-4-5-11-19(18)20/h1-15H. The molecule has 0 spiro atoms. The first kappa shape index (κ1) is 17.6. The van der Waals surface area contributed by atoms with Crippen LogP contribution in [0.1, 0.15) is 0 Å². The fourth-order valence-electron chi connectivity index (χ4n) is 4.17. The van der Waals surface area contributed by atoms with E-state index in [1.54, 1.807) is 11.3 Å². The molecule has 0 saturated carbocycles. The summed E-state index contributed by atoms with van der Waals surface area (Å²) >= 11 is 8.02. The van der Waals surface area contributed by atoms with E-state index in [9.17, 15) is 0 Å². The highest BCUT2D eigenvalue weighted by molar-refractivity contribution is 7.25. The van der Waals surface area contributed by atoms with Crippen LogP contribution in [0.3, 0.4) is 0 Å². The molecule has 0 radical (unpaired) electrons. The van der Waals surface area contributed by atoms with Crippen molar-refractivity contribution in [2.75, 3.05) is 0 Å². The van der Waals surface area contributed by atoms with E-state index in [1.165, 1.54) is 26.6 Å². The number of rotatable bonds is 2. The molecule has 30 heavy (non-hydrogen) atoms. The van der Waals surface area contributed by atoms with Crippen LogP contribution in [0.2, 0.25) is 5.28 Å². The van der Waals surface area contributed by atoms with Crippen LogP contribution in [-0.4, -0.2) is 9.97 Å². The molecule has 0 amide bonds. The van der Waals surface area contributed by atoms with Crippen molar-refractivity contribution in [3.8, 4) is 22.4 Å². The molecule has 4 aromatic carbocycles. The molecule has 0 atom stereocenters. The number of aromatic nitrogens is 2. The average Bonchev–Trinajstić information content (AvgIpc) is 3.16. The predicted octanol–water partition coefficient (Wildman–Crippen LogP) is 7.99. The molecule has 0 N–H and O–H groups in total. The number of nitrogens with zero attached hydrogens (tertiary/aromatic N) is 2. The lowest BCUT2D eigenvalue weighted by Gasteiger charge is -2.12. The maximum Gasteiger partial charge on any atom is 0.224 e. The predicted molar refractivity (Wildman–Crippen MR) is 128 cm³/mol. The van der Waals surface area contributed by atoms with Crippen LogP contribution in [-0.2, 0) is 0 Å². The normalized spacial score (nSPS) is 11.5. The van der Waals surface area contributed by atoms with E-state index in [4.69, 9.17) is 16.6 Å². The minimum atomic E-state index is 0.278. The first-order valence-electron chi connectivity index (χ1n) is 9.72. The van der Waals surface area contributed by atoms with Crippen LogP contribution in [0, 0.1) is 0 Å². The molecule has 142 valence electrons. The van der Waals surface area contributed by atoms with Gasteiger partial charge in [-0.25, -0.2) is 9.97 Å². The van der Waals surface area contributed by atoms with Gasteiger partial charge in [0.2, 0.25) is 5.28 Å². The quantitative estimate of drug-likeness (QED) is 0.264. The molecule has 2 heterocycles. The van der Waals surface area contributed by atoms with E-state index in [0.717, 1.165) is 26.9 Å². The third-order valence-corrected chi connectivity index (χ3v) is 6.71. The summed E-state index contributed by atoms with van der Waals surface area (Å²) in [4.78, 5) is 10.1. The van der Waals surface area contributed by atoms with Crippen LogP contribution < -0.4 is 0 Å². The van der Waals surface area contributed by atoms with Crippen molar-refractivity contribution in [3.63, 3.8) is 0 Å². The SMILES string of the molecule is Clc1nc(-c2ccc(-c3ccccc3)c3ccccc23)c2c(n1)sc1ccccc12. The third kappa shape index (κ3) is 2.71. The summed E-state index contributed by atoms with van der Waals surface area (Å²) in [5, 5.41) is 4.87. The molecule has 0 unspecified atom stereocenters. The Hall–Kier alpha value is -3.27. The molecule has 0 aliphatic carbocycles. The largest absolute Gasteiger partial charge is 0.224 e. The van der Waals surface area contributed by atoms with Gasteiger partial charge in [0.05, 0.1) is 5.69 Å². The van der Waals surface area contributed by atoms with E-state index in [-0.39, 0.29) is 5.28 Å². The number of hydrogen-bond donors (Lipinski definition) is 0. The van der Waals surface area contributed by atoms with Crippen molar-refractivity contribution < 1.29 is 0 Å². The molecule has 0 saturated heterocycles. The highest BCUT2D eigenvalue weighted by atomic mass is 35.5. The minimum absolute atomic E-state index is 0.278. The van der Waals surface area contributed by atoms with Crippen molar-refractivity contribution in [2.45, 2.75) is 0 Å². The number of halogens is 1. The molecule has 0 fully saturated rings. The van der Waals surface area contributed by atoms with Crippen LogP contribution in [0.15, 0.2) is 91.0 Å². The molecule has 6 rings (SSSR count). The summed E-state index contributed by atoms with van der Waals surface area (Å²) in [6.07, 6.45) is 0. The Labute approximate surface area is 182 Å². The van der Waals surface area contributed by atoms with Gasteiger partial charge in [-0.15, -0.1) is 11.3 Å². The average molecular weight is 423 g/mol.